The molecule has 2 amide bonds. The van der Waals surface area contributed by atoms with E-state index in [2.05, 4.69) is 116 Å². The first-order valence-corrected chi connectivity index (χ1v) is 18.0. The highest BCUT2D eigenvalue weighted by molar-refractivity contribution is 6.87. The summed E-state index contributed by atoms with van der Waals surface area (Å²) >= 11 is 0. The van der Waals surface area contributed by atoms with E-state index in [4.69, 9.17) is 0 Å². The van der Waals surface area contributed by atoms with Crippen LogP contribution in [0.5, 0.6) is 0 Å². The quantitative estimate of drug-likeness (QED) is 0.393. The van der Waals surface area contributed by atoms with Crippen LogP contribution in [0.25, 0.3) is 11.1 Å². The second kappa shape index (κ2) is 9.46. The van der Waals surface area contributed by atoms with Gasteiger partial charge in [-0.15, -0.1) is 0 Å². The third kappa shape index (κ3) is 5.38. The van der Waals surface area contributed by atoms with Gasteiger partial charge in [0.1, 0.15) is 0 Å². The van der Waals surface area contributed by atoms with Crippen LogP contribution in [0.15, 0.2) is 48.5 Å². The van der Waals surface area contributed by atoms with Gasteiger partial charge in [-0.25, -0.2) is 0 Å². The Labute approximate surface area is 209 Å². The molecule has 0 N–H and O–H groups in total. The summed E-state index contributed by atoms with van der Waals surface area (Å²) in [5.74, 6) is 0.192. The van der Waals surface area contributed by atoms with Crippen LogP contribution in [-0.2, 0) is 9.59 Å². The molecule has 0 atom stereocenters. The Kier molecular flexibility index (Phi) is 7.80. The van der Waals surface area contributed by atoms with Crippen LogP contribution in [-0.4, -0.2) is 28.3 Å². The maximum Gasteiger partial charge on any atom is 0.215 e. The van der Waals surface area contributed by atoms with Crippen molar-refractivity contribution in [2.75, 3.05) is 9.13 Å². The molecule has 0 heterocycles. The van der Waals surface area contributed by atoms with Crippen LogP contribution in [0.2, 0.25) is 36.3 Å². The molecule has 0 aromatic heterocycles. The van der Waals surface area contributed by atoms with Crippen molar-refractivity contribution in [3.05, 3.63) is 48.5 Å². The number of carbonyl (C=O) groups is 2. The molecule has 0 radical (unpaired) electrons. The minimum absolute atomic E-state index is 0.0555. The standard InChI is InChI=1S/C28H44N2O2Si2/c1-21(31)29(33(9,10)27(3,4)5)25-17-13-23(14-18-25)24-15-19-26(20-16-24)30(22(2)32)34(11,12)28(6,7)8/h13-20H,1-12H3. The summed E-state index contributed by atoms with van der Waals surface area (Å²) in [4.78, 5) is 25.3. The van der Waals surface area contributed by atoms with Crippen LogP contribution in [0.3, 0.4) is 0 Å². The third-order valence-corrected chi connectivity index (χ3v) is 18.7. The predicted octanol–water partition coefficient (Wildman–Crippen LogP) is 8.07. The van der Waals surface area contributed by atoms with Crippen molar-refractivity contribution in [1.29, 1.82) is 0 Å². The molecule has 0 fully saturated rings. The molecular formula is C28H44N2O2Si2. The molecule has 186 valence electrons. The third-order valence-electron chi connectivity index (χ3n) is 8.00. The Morgan fingerprint density at radius 1 is 0.559 bits per heavy atom. The number of carbonyl (C=O) groups excluding carboxylic acids is 2. The molecule has 34 heavy (non-hydrogen) atoms. The second-order valence-electron chi connectivity index (χ2n) is 12.4. The molecule has 0 bridgehead atoms. The Bertz CT molecular complexity index is 943. The van der Waals surface area contributed by atoms with E-state index < -0.39 is 16.5 Å². The first-order valence-electron chi connectivity index (χ1n) is 12.1. The van der Waals surface area contributed by atoms with Gasteiger partial charge in [0.2, 0.25) is 11.8 Å². The van der Waals surface area contributed by atoms with E-state index in [0.29, 0.717) is 0 Å². The number of benzene rings is 2. The van der Waals surface area contributed by atoms with Crippen molar-refractivity contribution in [1.82, 2.24) is 0 Å². The summed E-state index contributed by atoms with van der Waals surface area (Å²) in [5, 5.41) is 0.111. The van der Waals surface area contributed by atoms with E-state index in [1.54, 1.807) is 13.8 Å². The second-order valence-corrected chi connectivity index (χ2v) is 22.6. The van der Waals surface area contributed by atoms with Crippen LogP contribution in [0.4, 0.5) is 11.4 Å². The van der Waals surface area contributed by atoms with E-state index in [1.165, 1.54) is 0 Å². The first-order chi connectivity index (χ1) is 15.3. The molecule has 2 aromatic rings. The summed E-state index contributed by atoms with van der Waals surface area (Å²) in [6.45, 7) is 25.7. The summed E-state index contributed by atoms with van der Waals surface area (Å²) in [7, 11) is -4.10. The van der Waals surface area contributed by atoms with Crippen molar-refractivity contribution >= 4 is 39.7 Å². The number of hydrogen-bond acceptors (Lipinski definition) is 2. The summed E-state index contributed by atoms with van der Waals surface area (Å²) in [5.41, 5.74) is 4.10. The normalized spacial score (nSPS) is 12.9. The molecule has 2 aromatic carbocycles. The van der Waals surface area contributed by atoms with Crippen molar-refractivity contribution in [3.63, 3.8) is 0 Å². The van der Waals surface area contributed by atoms with Gasteiger partial charge < -0.3 is 9.13 Å². The Morgan fingerprint density at radius 2 is 0.794 bits per heavy atom. The van der Waals surface area contributed by atoms with Gasteiger partial charge in [0.15, 0.2) is 16.5 Å². The molecule has 6 heteroatoms. The summed E-state index contributed by atoms with van der Waals surface area (Å²) in [6.07, 6.45) is 0. The van der Waals surface area contributed by atoms with Crippen molar-refractivity contribution in [3.8, 4) is 11.1 Å². The van der Waals surface area contributed by atoms with Gasteiger partial charge in [0.25, 0.3) is 0 Å². The molecule has 0 unspecified atom stereocenters. The van der Waals surface area contributed by atoms with E-state index in [1.807, 2.05) is 9.13 Å². The smallest absolute Gasteiger partial charge is 0.215 e. The predicted molar refractivity (Wildman–Crippen MR) is 153 cm³/mol. The molecule has 2 rings (SSSR count). The average molecular weight is 497 g/mol. The topological polar surface area (TPSA) is 40.6 Å². The number of nitrogens with zero attached hydrogens (tertiary/aromatic N) is 2. The highest BCUT2D eigenvalue weighted by atomic mass is 28.3. The van der Waals surface area contributed by atoms with Crippen LogP contribution in [0.1, 0.15) is 55.4 Å². The molecule has 0 aliphatic heterocycles. The van der Waals surface area contributed by atoms with Crippen molar-refractivity contribution < 1.29 is 9.59 Å². The zero-order valence-corrected chi connectivity index (χ0v) is 25.3. The van der Waals surface area contributed by atoms with E-state index >= 15 is 0 Å². The number of amides is 2. The fourth-order valence-electron chi connectivity index (χ4n) is 4.07. The lowest BCUT2D eigenvalue weighted by molar-refractivity contribution is -0.116. The lowest BCUT2D eigenvalue weighted by Crippen LogP contribution is -2.57. The number of anilines is 2. The minimum atomic E-state index is -2.05. The largest absolute Gasteiger partial charge is 0.340 e. The molecule has 0 spiro atoms. The van der Waals surface area contributed by atoms with Gasteiger partial charge in [-0.05, 0) is 45.5 Å². The zero-order valence-electron chi connectivity index (χ0n) is 23.3. The molecule has 0 saturated heterocycles. The lowest BCUT2D eigenvalue weighted by atomic mass is 10.0. The first kappa shape index (κ1) is 28.1. The van der Waals surface area contributed by atoms with Crippen molar-refractivity contribution in [2.45, 2.75) is 91.7 Å². The van der Waals surface area contributed by atoms with Crippen LogP contribution >= 0.6 is 0 Å². The monoisotopic (exact) mass is 496 g/mol. The molecule has 0 aliphatic carbocycles. The molecule has 0 saturated carbocycles. The maximum atomic E-state index is 12.6. The van der Waals surface area contributed by atoms with Gasteiger partial charge in [0, 0.05) is 25.2 Å². The van der Waals surface area contributed by atoms with Gasteiger partial charge in [-0.1, -0.05) is 92.0 Å². The SMILES string of the molecule is CC(=O)N(c1ccc(-c2ccc(N(C(C)=O)[Si](C)(C)C(C)(C)C)cc2)cc1)[Si](C)(C)C(C)(C)C. The summed E-state index contributed by atoms with van der Waals surface area (Å²) in [6, 6.07) is 16.6. The number of rotatable bonds is 5. The highest BCUT2D eigenvalue weighted by Crippen LogP contribution is 2.42. The van der Waals surface area contributed by atoms with Crippen LogP contribution in [0, 0.1) is 0 Å². The van der Waals surface area contributed by atoms with Gasteiger partial charge in [0.05, 0.1) is 0 Å². The lowest BCUT2D eigenvalue weighted by Gasteiger charge is -2.45. The Morgan fingerprint density at radius 3 is 0.971 bits per heavy atom. The zero-order chi connectivity index (χ0) is 26.3. The molecule has 0 aliphatic rings. The Balaban J connectivity index is 2.41. The maximum absolute atomic E-state index is 12.6. The fraction of sp³-hybridized carbons (Fsp3) is 0.500. The average Bonchev–Trinajstić information content (AvgIpc) is 2.66. The van der Waals surface area contributed by atoms with Gasteiger partial charge >= 0.3 is 0 Å². The van der Waals surface area contributed by atoms with E-state index in [9.17, 15) is 9.59 Å². The molecule has 4 nitrogen and oxygen atoms in total. The Hall–Kier alpha value is -2.19. The molecular weight excluding hydrogens is 452 g/mol. The van der Waals surface area contributed by atoms with E-state index in [0.717, 1.165) is 22.5 Å². The van der Waals surface area contributed by atoms with Gasteiger partial charge in [-0.3, -0.25) is 9.59 Å². The van der Waals surface area contributed by atoms with E-state index in [-0.39, 0.29) is 21.9 Å². The van der Waals surface area contributed by atoms with Gasteiger partial charge in [-0.2, -0.15) is 0 Å². The minimum Gasteiger partial charge on any atom is -0.340 e. The highest BCUT2D eigenvalue weighted by Gasteiger charge is 2.44. The number of hydrogen-bond donors (Lipinski definition) is 0. The van der Waals surface area contributed by atoms with Crippen LogP contribution < -0.4 is 9.13 Å². The summed E-state index contributed by atoms with van der Waals surface area (Å²) < 4.78 is 4.06. The van der Waals surface area contributed by atoms with Crippen molar-refractivity contribution in [2.24, 2.45) is 0 Å². The fourth-order valence-corrected chi connectivity index (χ4v) is 8.58.